The number of carbonyl (C=O) groups excluding carboxylic acids is 1. The van der Waals surface area contributed by atoms with Crippen molar-refractivity contribution in [3.63, 3.8) is 0 Å². The molecule has 1 fully saturated rings. The SMILES string of the molecule is COCC(N)C(=O)N(Cc1ccc2ccccc2c1)C1CC1.Cl. The van der Waals surface area contributed by atoms with Gasteiger partial charge in [-0.3, -0.25) is 4.79 Å². The third-order valence-electron chi connectivity index (χ3n) is 4.10. The summed E-state index contributed by atoms with van der Waals surface area (Å²) >= 11 is 0. The highest BCUT2D eigenvalue weighted by Gasteiger charge is 2.34. The van der Waals surface area contributed by atoms with Gasteiger partial charge >= 0.3 is 0 Å². The second kappa shape index (κ2) is 7.77. The summed E-state index contributed by atoms with van der Waals surface area (Å²) in [4.78, 5) is 14.4. The molecule has 1 unspecified atom stereocenters. The van der Waals surface area contributed by atoms with E-state index in [2.05, 4.69) is 30.3 Å². The Hall–Kier alpha value is -1.62. The number of benzene rings is 2. The molecule has 2 N–H and O–H groups in total. The molecule has 1 aliphatic rings. The van der Waals surface area contributed by atoms with Gasteiger partial charge in [0.15, 0.2) is 0 Å². The van der Waals surface area contributed by atoms with E-state index >= 15 is 0 Å². The van der Waals surface area contributed by atoms with Gasteiger partial charge in [0.05, 0.1) is 6.61 Å². The van der Waals surface area contributed by atoms with Gasteiger partial charge in [-0.25, -0.2) is 0 Å². The molecule has 0 bridgehead atoms. The van der Waals surface area contributed by atoms with Gasteiger partial charge in [-0.15, -0.1) is 12.4 Å². The molecular weight excluding hydrogens is 312 g/mol. The van der Waals surface area contributed by atoms with Crippen LogP contribution in [0.3, 0.4) is 0 Å². The predicted molar refractivity (Wildman–Crippen MR) is 94.6 cm³/mol. The lowest BCUT2D eigenvalue weighted by atomic mass is 10.1. The van der Waals surface area contributed by atoms with Crippen LogP contribution < -0.4 is 5.73 Å². The molecule has 4 nitrogen and oxygen atoms in total. The van der Waals surface area contributed by atoms with Gasteiger partial charge in [0, 0.05) is 19.7 Å². The van der Waals surface area contributed by atoms with Crippen molar-refractivity contribution in [3.05, 3.63) is 48.0 Å². The molecule has 0 saturated heterocycles. The van der Waals surface area contributed by atoms with Crippen molar-refractivity contribution in [2.45, 2.75) is 31.5 Å². The van der Waals surface area contributed by atoms with Gasteiger partial charge in [-0.05, 0) is 35.2 Å². The van der Waals surface area contributed by atoms with Crippen molar-refractivity contribution < 1.29 is 9.53 Å². The lowest BCUT2D eigenvalue weighted by Gasteiger charge is -2.25. The van der Waals surface area contributed by atoms with E-state index in [1.807, 2.05) is 17.0 Å². The second-order valence-electron chi connectivity index (χ2n) is 5.94. The minimum absolute atomic E-state index is 0. The van der Waals surface area contributed by atoms with Crippen LogP contribution in [-0.2, 0) is 16.1 Å². The van der Waals surface area contributed by atoms with Gasteiger partial charge in [-0.1, -0.05) is 36.4 Å². The zero-order valence-corrected chi connectivity index (χ0v) is 14.1. The Kier molecular flexibility index (Phi) is 5.99. The number of ether oxygens (including phenoxy) is 1. The second-order valence-corrected chi connectivity index (χ2v) is 5.94. The van der Waals surface area contributed by atoms with E-state index in [0.717, 1.165) is 18.4 Å². The summed E-state index contributed by atoms with van der Waals surface area (Å²) in [5.41, 5.74) is 7.06. The Morgan fingerprint density at radius 3 is 2.61 bits per heavy atom. The standard InChI is InChI=1S/C18H22N2O2.ClH/c1-22-12-17(19)18(21)20(16-8-9-16)11-13-6-7-14-4-2-3-5-15(14)10-13;/h2-7,10,16-17H,8-9,11-12,19H2,1H3;1H. The van der Waals surface area contributed by atoms with Gasteiger partial charge in [0.25, 0.3) is 0 Å². The van der Waals surface area contributed by atoms with Crippen molar-refractivity contribution in [2.24, 2.45) is 5.73 Å². The highest BCUT2D eigenvalue weighted by molar-refractivity contribution is 5.85. The Morgan fingerprint density at radius 1 is 1.26 bits per heavy atom. The highest BCUT2D eigenvalue weighted by Crippen LogP contribution is 2.29. The normalized spacial score (nSPS) is 15.0. The lowest BCUT2D eigenvalue weighted by Crippen LogP contribution is -2.46. The van der Waals surface area contributed by atoms with E-state index in [-0.39, 0.29) is 24.9 Å². The molecule has 124 valence electrons. The van der Waals surface area contributed by atoms with Crippen LogP contribution >= 0.6 is 12.4 Å². The first kappa shape index (κ1) is 17.7. The molecule has 0 aliphatic heterocycles. The maximum Gasteiger partial charge on any atom is 0.242 e. The number of hydrogen-bond acceptors (Lipinski definition) is 3. The first-order chi connectivity index (χ1) is 10.7. The number of carbonyl (C=O) groups is 1. The number of halogens is 1. The van der Waals surface area contributed by atoms with Crippen molar-refractivity contribution in [1.29, 1.82) is 0 Å². The molecule has 0 heterocycles. The fourth-order valence-corrected chi connectivity index (χ4v) is 2.77. The molecule has 5 heteroatoms. The van der Waals surface area contributed by atoms with Crippen LogP contribution in [0.15, 0.2) is 42.5 Å². The van der Waals surface area contributed by atoms with Crippen LogP contribution in [0.5, 0.6) is 0 Å². The smallest absolute Gasteiger partial charge is 0.242 e. The van der Waals surface area contributed by atoms with E-state index in [1.54, 1.807) is 7.11 Å². The molecule has 23 heavy (non-hydrogen) atoms. The summed E-state index contributed by atoms with van der Waals surface area (Å²) < 4.78 is 5.01. The molecule has 0 aromatic heterocycles. The Bertz CT molecular complexity index is 673. The molecule has 1 saturated carbocycles. The molecule has 2 aromatic carbocycles. The van der Waals surface area contributed by atoms with Crippen LogP contribution in [-0.4, -0.2) is 36.6 Å². The number of fused-ring (bicyclic) bond motifs is 1. The van der Waals surface area contributed by atoms with E-state index in [0.29, 0.717) is 12.6 Å². The van der Waals surface area contributed by atoms with Gasteiger partial charge in [-0.2, -0.15) is 0 Å². The fraction of sp³-hybridized carbons (Fsp3) is 0.389. The first-order valence-corrected chi connectivity index (χ1v) is 7.71. The quantitative estimate of drug-likeness (QED) is 0.883. The third-order valence-corrected chi connectivity index (χ3v) is 4.10. The van der Waals surface area contributed by atoms with Gasteiger partial charge in [0.2, 0.25) is 5.91 Å². The maximum absolute atomic E-state index is 12.5. The number of nitrogens with two attached hydrogens (primary N) is 1. The average Bonchev–Trinajstić information content (AvgIpc) is 3.37. The van der Waals surface area contributed by atoms with Crippen molar-refractivity contribution >= 4 is 29.1 Å². The Labute approximate surface area is 143 Å². The number of rotatable bonds is 6. The summed E-state index contributed by atoms with van der Waals surface area (Å²) in [6.45, 7) is 0.880. The number of amides is 1. The Morgan fingerprint density at radius 2 is 1.96 bits per heavy atom. The fourth-order valence-electron chi connectivity index (χ4n) is 2.77. The minimum Gasteiger partial charge on any atom is -0.383 e. The summed E-state index contributed by atoms with van der Waals surface area (Å²) in [5.74, 6) is -0.0162. The highest BCUT2D eigenvalue weighted by atomic mass is 35.5. The monoisotopic (exact) mass is 334 g/mol. The molecule has 1 atom stereocenters. The van der Waals surface area contributed by atoms with E-state index < -0.39 is 6.04 Å². The number of hydrogen-bond donors (Lipinski definition) is 1. The zero-order valence-electron chi connectivity index (χ0n) is 13.3. The van der Waals surface area contributed by atoms with Crippen LogP contribution in [0.1, 0.15) is 18.4 Å². The molecule has 2 aromatic rings. The summed E-state index contributed by atoms with van der Waals surface area (Å²) in [6, 6.07) is 14.4. The number of methoxy groups -OCH3 is 1. The van der Waals surface area contributed by atoms with E-state index in [1.165, 1.54) is 10.8 Å². The van der Waals surface area contributed by atoms with E-state index in [4.69, 9.17) is 10.5 Å². The van der Waals surface area contributed by atoms with Crippen LogP contribution in [0, 0.1) is 0 Å². The Balaban J connectivity index is 0.00000192. The van der Waals surface area contributed by atoms with Crippen LogP contribution in [0.4, 0.5) is 0 Å². The largest absolute Gasteiger partial charge is 0.383 e. The van der Waals surface area contributed by atoms with Crippen LogP contribution in [0.2, 0.25) is 0 Å². The summed E-state index contributed by atoms with van der Waals surface area (Å²) in [7, 11) is 1.57. The molecule has 0 radical (unpaired) electrons. The molecule has 0 spiro atoms. The predicted octanol–water partition coefficient (Wildman–Crippen LogP) is 2.73. The minimum atomic E-state index is -0.578. The molecule has 1 aliphatic carbocycles. The topological polar surface area (TPSA) is 55.6 Å². The molecule has 1 amide bonds. The van der Waals surface area contributed by atoms with Gasteiger partial charge < -0.3 is 15.4 Å². The third kappa shape index (κ3) is 4.22. The average molecular weight is 335 g/mol. The van der Waals surface area contributed by atoms with Crippen molar-refractivity contribution in [3.8, 4) is 0 Å². The van der Waals surface area contributed by atoms with Crippen molar-refractivity contribution in [2.75, 3.05) is 13.7 Å². The molecule has 3 rings (SSSR count). The van der Waals surface area contributed by atoms with Crippen molar-refractivity contribution in [1.82, 2.24) is 4.90 Å². The molecular formula is C18H23ClN2O2. The number of nitrogens with zero attached hydrogens (tertiary/aromatic N) is 1. The zero-order chi connectivity index (χ0) is 15.5. The van der Waals surface area contributed by atoms with Crippen LogP contribution in [0.25, 0.3) is 10.8 Å². The summed E-state index contributed by atoms with van der Waals surface area (Å²) in [6.07, 6.45) is 2.14. The lowest BCUT2D eigenvalue weighted by molar-refractivity contribution is -0.135. The maximum atomic E-state index is 12.5. The van der Waals surface area contributed by atoms with E-state index in [9.17, 15) is 4.79 Å². The first-order valence-electron chi connectivity index (χ1n) is 7.71. The van der Waals surface area contributed by atoms with Gasteiger partial charge in [0.1, 0.15) is 6.04 Å². The summed E-state index contributed by atoms with van der Waals surface area (Å²) in [5, 5.41) is 2.41.